The second kappa shape index (κ2) is 6.18. The van der Waals surface area contributed by atoms with Crippen LogP contribution in [0.25, 0.3) is 0 Å². The van der Waals surface area contributed by atoms with E-state index in [1.807, 2.05) is 12.1 Å². The maximum absolute atomic E-state index is 5.89. The molecule has 1 aromatic carbocycles. The molecule has 0 aliphatic carbocycles. The molecule has 0 unspecified atom stereocenters. The fourth-order valence-electron chi connectivity index (χ4n) is 2.47. The summed E-state index contributed by atoms with van der Waals surface area (Å²) in [5.41, 5.74) is 1.22. The van der Waals surface area contributed by atoms with Crippen LogP contribution in [0.1, 0.15) is 0 Å². The first-order valence-electron chi connectivity index (χ1n) is 6.88. The lowest BCUT2D eigenvalue weighted by Gasteiger charge is -2.36. The van der Waals surface area contributed by atoms with E-state index in [0.717, 1.165) is 37.7 Å². The van der Waals surface area contributed by atoms with Crippen molar-refractivity contribution in [3.8, 4) is 5.75 Å². The molecule has 0 bridgehead atoms. The van der Waals surface area contributed by atoms with Crippen molar-refractivity contribution in [3.63, 3.8) is 0 Å². The molecule has 2 aromatic rings. The summed E-state index contributed by atoms with van der Waals surface area (Å²) < 4.78 is 5.19. The standard InChI is InChI=1S/C15H17ClN4O/c1-21-13-4-2-12(3-5-13)19-6-8-20(9-7-19)15-11-17-10-14(16)18-15/h2-5,10-11H,6-9H2,1H3. The maximum Gasteiger partial charge on any atom is 0.149 e. The molecule has 1 saturated heterocycles. The van der Waals surface area contributed by atoms with E-state index in [9.17, 15) is 0 Å². The molecule has 0 radical (unpaired) electrons. The molecule has 6 heteroatoms. The largest absolute Gasteiger partial charge is 0.497 e. The second-order valence-corrected chi connectivity index (χ2v) is 5.26. The number of benzene rings is 1. The van der Waals surface area contributed by atoms with E-state index < -0.39 is 0 Å². The zero-order valence-electron chi connectivity index (χ0n) is 11.9. The van der Waals surface area contributed by atoms with Crippen molar-refractivity contribution in [3.05, 3.63) is 41.8 Å². The molecule has 1 aromatic heterocycles. The van der Waals surface area contributed by atoms with Gasteiger partial charge in [0.15, 0.2) is 0 Å². The summed E-state index contributed by atoms with van der Waals surface area (Å²) in [6.07, 6.45) is 3.31. The maximum atomic E-state index is 5.89. The van der Waals surface area contributed by atoms with Crippen LogP contribution in [-0.4, -0.2) is 43.3 Å². The number of hydrogen-bond acceptors (Lipinski definition) is 5. The Kier molecular flexibility index (Phi) is 4.10. The molecule has 0 saturated carbocycles. The minimum absolute atomic E-state index is 0.435. The highest BCUT2D eigenvalue weighted by Gasteiger charge is 2.18. The van der Waals surface area contributed by atoms with E-state index in [1.54, 1.807) is 19.5 Å². The summed E-state index contributed by atoms with van der Waals surface area (Å²) >= 11 is 5.89. The van der Waals surface area contributed by atoms with Crippen molar-refractivity contribution in [2.24, 2.45) is 0 Å². The lowest BCUT2D eigenvalue weighted by molar-refractivity contribution is 0.415. The Balaban J connectivity index is 1.64. The van der Waals surface area contributed by atoms with Gasteiger partial charge in [0.2, 0.25) is 0 Å². The number of halogens is 1. The minimum Gasteiger partial charge on any atom is -0.497 e. The van der Waals surface area contributed by atoms with Gasteiger partial charge in [-0.1, -0.05) is 11.6 Å². The number of anilines is 2. The highest BCUT2D eigenvalue weighted by molar-refractivity contribution is 6.29. The number of rotatable bonds is 3. The SMILES string of the molecule is COc1ccc(N2CCN(c3cncc(Cl)n3)CC2)cc1. The Hall–Kier alpha value is -2.01. The number of nitrogens with zero attached hydrogens (tertiary/aromatic N) is 4. The summed E-state index contributed by atoms with van der Waals surface area (Å²) in [5, 5.41) is 0.435. The molecule has 1 aliphatic heterocycles. The third-order valence-electron chi connectivity index (χ3n) is 3.63. The van der Waals surface area contributed by atoms with Crippen LogP contribution in [0.5, 0.6) is 5.75 Å². The van der Waals surface area contributed by atoms with Crippen molar-refractivity contribution < 1.29 is 4.74 Å². The van der Waals surface area contributed by atoms with Gasteiger partial charge in [0.25, 0.3) is 0 Å². The van der Waals surface area contributed by atoms with Crippen molar-refractivity contribution >= 4 is 23.1 Å². The predicted octanol–water partition coefficient (Wildman–Crippen LogP) is 2.47. The average molecular weight is 305 g/mol. The minimum atomic E-state index is 0.435. The second-order valence-electron chi connectivity index (χ2n) is 4.87. The van der Waals surface area contributed by atoms with Gasteiger partial charge in [-0.15, -0.1) is 0 Å². The molecule has 0 atom stereocenters. The quantitative estimate of drug-likeness (QED) is 0.871. The molecule has 0 N–H and O–H groups in total. The molecule has 2 heterocycles. The topological polar surface area (TPSA) is 41.5 Å². The van der Waals surface area contributed by atoms with E-state index in [2.05, 4.69) is 31.9 Å². The first-order valence-corrected chi connectivity index (χ1v) is 7.25. The fraction of sp³-hybridized carbons (Fsp3) is 0.333. The highest BCUT2D eigenvalue weighted by Crippen LogP contribution is 2.22. The third-order valence-corrected chi connectivity index (χ3v) is 3.82. The van der Waals surface area contributed by atoms with Crippen molar-refractivity contribution in [1.29, 1.82) is 0 Å². The Morgan fingerprint density at radius 3 is 2.29 bits per heavy atom. The summed E-state index contributed by atoms with van der Waals surface area (Å²) in [4.78, 5) is 13.0. The Bertz CT molecular complexity index is 597. The van der Waals surface area contributed by atoms with Crippen LogP contribution in [0, 0.1) is 0 Å². The van der Waals surface area contributed by atoms with Gasteiger partial charge >= 0.3 is 0 Å². The van der Waals surface area contributed by atoms with Gasteiger partial charge in [-0.05, 0) is 24.3 Å². The van der Waals surface area contributed by atoms with Crippen LogP contribution in [0.2, 0.25) is 5.15 Å². The third kappa shape index (κ3) is 3.19. The summed E-state index contributed by atoms with van der Waals surface area (Å²) in [5.74, 6) is 1.73. The molecule has 0 spiro atoms. The molecule has 3 rings (SSSR count). The smallest absolute Gasteiger partial charge is 0.149 e. The van der Waals surface area contributed by atoms with Crippen LogP contribution in [0.15, 0.2) is 36.7 Å². The Labute approximate surface area is 129 Å². The lowest BCUT2D eigenvalue weighted by atomic mass is 10.2. The molecule has 1 fully saturated rings. The zero-order chi connectivity index (χ0) is 14.7. The van der Waals surface area contributed by atoms with Crippen molar-refractivity contribution in [2.45, 2.75) is 0 Å². The van der Waals surface area contributed by atoms with E-state index >= 15 is 0 Å². The monoisotopic (exact) mass is 304 g/mol. The average Bonchev–Trinajstić information content (AvgIpc) is 2.55. The zero-order valence-corrected chi connectivity index (χ0v) is 12.6. The van der Waals surface area contributed by atoms with Crippen LogP contribution in [-0.2, 0) is 0 Å². The van der Waals surface area contributed by atoms with E-state index in [0.29, 0.717) is 5.15 Å². The predicted molar refractivity (Wildman–Crippen MR) is 84.5 cm³/mol. The molecular weight excluding hydrogens is 288 g/mol. The molecule has 0 amide bonds. The van der Waals surface area contributed by atoms with Crippen LogP contribution in [0.4, 0.5) is 11.5 Å². The molecule has 5 nitrogen and oxygen atoms in total. The number of ether oxygens (including phenoxy) is 1. The van der Waals surface area contributed by atoms with Gasteiger partial charge in [0.1, 0.15) is 16.7 Å². The van der Waals surface area contributed by atoms with Gasteiger partial charge in [0, 0.05) is 31.9 Å². The van der Waals surface area contributed by atoms with Gasteiger partial charge < -0.3 is 14.5 Å². The number of methoxy groups -OCH3 is 1. The summed E-state index contributed by atoms with van der Waals surface area (Å²) in [7, 11) is 1.68. The molecule has 21 heavy (non-hydrogen) atoms. The normalized spacial score (nSPS) is 15.1. The van der Waals surface area contributed by atoms with E-state index in [1.165, 1.54) is 5.69 Å². The van der Waals surface area contributed by atoms with Crippen molar-refractivity contribution in [2.75, 3.05) is 43.1 Å². The molecule has 110 valence electrons. The lowest BCUT2D eigenvalue weighted by Crippen LogP contribution is -2.46. The summed E-state index contributed by atoms with van der Waals surface area (Å²) in [6, 6.07) is 8.16. The van der Waals surface area contributed by atoms with Crippen LogP contribution in [0.3, 0.4) is 0 Å². The fourth-order valence-corrected chi connectivity index (χ4v) is 2.61. The first-order chi connectivity index (χ1) is 10.3. The van der Waals surface area contributed by atoms with E-state index in [-0.39, 0.29) is 0 Å². The summed E-state index contributed by atoms with van der Waals surface area (Å²) in [6.45, 7) is 3.70. The Morgan fingerprint density at radius 2 is 1.67 bits per heavy atom. The van der Waals surface area contributed by atoms with Crippen LogP contribution >= 0.6 is 11.6 Å². The first kappa shape index (κ1) is 13.9. The van der Waals surface area contributed by atoms with Gasteiger partial charge in [0.05, 0.1) is 19.5 Å². The number of hydrogen-bond donors (Lipinski definition) is 0. The molecule has 1 aliphatic rings. The van der Waals surface area contributed by atoms with Crippen molar-refractivity contribution in [1.82, 2.24) is 9.97 Å². The van der Waals surface area contributed by atoms with Gasteiger partial charge in [-0.25, -0.2) is 4.98 Å². The number of piperazine rings is 1. The Morgan fingerprint density at radius 1 is 1.00 bits per heavy atom. The van der Waals surface area contributed by atoms with Crippen LogP contribution < -0.4 is 14.5 Å². The molecular formula is C15H17ClN4O. The highest BCUT2D eigenvalue weighted by atomic mass is 35.5. The van der Waals surface area contributed by atoms with E-state index in [4.69, 9.17) is 16.3 Å². The van der Waals surface area contributed by atoms with Gasteiger partial charge in [-0.3, -0.25) is 4.98 Å². The number of aromatic nitrogens is 2. The van der Waals surface area contributed by atoms with Gasteiger partial charge in [-0.2, -0.15) is 0 Å².